The highest BCUT2D eigenvalue weighted by molar-refractivity contribution is 7.99. The summed E-state index contributed by atoms with van der Waals surface area (Å²) in [4.78, 5) is 29.9. The van der Waals surface area contributed by atoms with Gasteiger partial charge in [-0.1, -0.05) is 85.6 Å². The molecule has 6 heteroatoms. The molecule has 3 aromatic rings. The van der Waals surface area contributed by atoms with E-state index in [1.165, 1.54) is 0 Å². The Bertz CT molecular complexity index is 1120. The zero-order valence-electron chi connectivity index (χ0n) is 21.2. The molecular formula is C30H35ClN2O2S. The molecule has 0 saturated carbocycles. The summed E-state index contributed by atoms with van der Waals surface area (Å²) in [5.41, 5.74) is 3.17. The molecule has 0 aromatic heterocycles. The zero-order chi connectivity index (χ0) is 25.9. The van der Waals surface area contributed by atoms with Crippen molar-refractivity contribution in [2.45, 2.75) is 51.1 Å². The third-order valence-electron chi connectivity index (χ3n) is 5.79. The Kier molecular flexibility index (Phi) is 10.9. The SMILES string of the molecule is Cc1cccc(CN(C(=O)CCSc2ccc(Cl)cc2)[C@H](Cc2ccccc2)C(=O)NCC(C)C)c1. The number of benzene rings is 3. The molecule has 3 aromatic carbocycles. The van der Waals surface area contributed by atoms with Crippen molar-refractivity contribution < 1.29 is 9.59 Å². The molecule has 36 heavy (non-hydrogen) atoms. The van der Waals surface area contributed by atoms with E-state index in [0.717, 1.165) is 21.6 Å². The summed E-state index contributed by atoms with van der Waals surface area (Å²) in [5, 5.41) is 3.76. The Morgan fingerprint density at radius 2 is 1.64 bits per heavy atom. The van der Waals surface area contributed by atoms with Gasteiger partial charge in [0.15, 0.2) is 0 Å². The van der Waals surface area contributed by atoms with Gasteiger partial charge in [0.2, 0.25) is 11.8 Å². The van der Waals surface area contributed by atoms with Gasteiger partial charge in [0, 0.05) is 41.6 Å². The molecule has 1 atom stereocenters. The lowest BCUT2D eigenvalue weighted by Gasteiger charge is -2.32. The van der Waals surface area contributed by atoms with E-state index in [1.54, 1.807) is 16.7 Å². The van der Waals surface area contributed by atoms with Crippen LogP contribution in [0, 0.1) is 12.8 Å². The number of hydrogen-bond acceptors (Lipinski definition) is 3. The summed E-state index contributed by atoms with van der Waals surface area (Å²) in [5.74, 6) is 0.803. The van der Waals surface area contributed by atoms with Crippen LogP contribution in [0.5, 0.6) is 0 Å². The molecule has 0 radical (unpaired) electrons. The van der Waals surface area contributed by atoms with Crippen LogP contribution in [0.4, 0.5) is 0 Å². The number of nitrogens with zero attached hydrogens (tertiary/aromatic N) is 1. The summed E-state index contributed by atoms with van der Waals surface area (Å²) in [7, 11) is 0. The van der Waals surface area contributed by atoms with Crippen LogP contribution in [0.3, 0.4) is 0 Å². The molecule has 4 nitrogen and oxygen atoms in total. The second-order valence-electron chi connectivity index (χ2n) is 9.41. The van der Waals surface area contributed by atoms with Crippen LogP contribution in [0.15, 0.2) is 83.8 Å². The van der Waals surface area contributed by atoms with Crippen LogP contribution in [0.2, 0.25) is 5.02 Å². The quantitative estimate of drug-likeness (QED) is 0.275. The molecule has 0 saturated heterocycles. The van der Waals surface area contributed by atoms with Gasteiger partial charge in [0.25, 0.3) is 0 Å². The van der Waals surface area contributed by atoms with E-state index in [-0.39, 0.29) is 11.8 Å². The predicted molar refractivity (Wildman–Crippen MR) is 150 cm³/mol. The van der Waals surface area contributed by atoms with E-state index in [1.807, 2.05) is 79.7 Å². The van der Waals surface area contributed by atoms with E-state index in [9.17, 15) is 9.59 Å². The number of aryl methyl sites for hydroxylation is 1. The first kappa shape index (κ1) is 27.8. The molecule has 3 rings (SSSR count). The number of thioether (sulfide) groups is 1. The highest BCUT2D eigenvalue weighted by Crippen LogP contribution is 2.23. The first-order chi connectivity index (χ1) is 17.3. The lowest BCUT2D eigenvalue weighted by atomic mass is 10.0. The minimum atomic E-state index is -0.598. The van der Waals surface area contributed by atoms with E-state index >= 15 is 0 Å². The van der Waals surface area contributed by atoms with Gasteiger partial charge in [-0.05, 0) is 48.2 Å². The van der Waals surface area contributed by atoms with Crippen LogP contribution in [0.1, 0.15) is 37.0 Å². The fourth-order valence-electron chi connectivity index (χ4n) is 3.91. The molecule has 2 amide bonds. The van der Waals surface area contributed by atoms with Crippen molar-refractivity contribution in [3.63, 3.8) is 0 Å². The fraction of sp³-hybridized carbons (Fsp3) is 0.333. The number of carbonyl (C=O) groups is 2. The van der Waals surface area contributed by atoms with Gasteiger partial charge < -0.3 is 10.2 Å². The zero-order valence-corrected chi connectivity index (χ0v) is 22.8. The predicted octanol–water partition coefficient (Wildman–Crippen LogP) is 6.54. The molecular weight excluding hydrogens is 488 g/mol. The molecule has 0 aliphatic rings. The third-order valence-corrected chi connectivity index (χ3v) is 7.06. The maximum absolute atomic E-state index is 13.7. The number of rotatable bonds is 12. The Morgan fingerprint density at radius 1 is 0.944 bits per heavy atom. The molecule has 0 heterocycles. The maximum Gasteiger partial charge on any atom is 0.243 e. The van der Waals surface area contributed by atoms with Gasteiger partial charge in [-0.3, -0.25) is 9.59 Å². The molecule has 0 bridgehead atoms. The Morgan fingerprint density at radius 3 is 2.31 bits per heavy atom. The Labute approximate surface area is 224 Å². The van der Waals surface area contributed by atoms with E-state index in [0.29, 0.717) is 42.6 Å². The van der Waals surface area contributed by atoms with Crippen LogP contribution >= 0.6 is 23.4 Å². The van der Waals surface area contributed by atoms with Crippen molar-refractivity contribution in [3.05, 3.63) is 101 Å². The fourth-order valence-corrected chi connectivity index (χ4v) is 4.88. The van der Waals surface area contributed by atoms with E-state index in [4.69, 9.17) is 11.6 Å². The topological polar surface area (TPSA) is 49.4 Å². The summed E-state index contributed by atoms with van der Waals surface area (Å²) >= 11 is 7.61. The summed E-state index contributed by atoms with van der Waals surface area (Å²) in [6.07, 6.45) is 0.800. The normalized spacial score (nSPS) is 11.8. The lowest BCUT2D eigenvalue weighted by Crippen LogP contribution is -2.51. The van der Waals surface area contributed by atoms with Crippen molar-refractivity contribution >= 4 is 35.2 Å². The Hall–Kier alpha value is -2.76. The number of amides is 2. The van der Waals surface area contributed by atoms with Gasteiger partial charge in [0.05, 0.1) is 0 Å². The molecule has 190 valence electrons. The van der Waals surface area contributed by atoms with Crippen molar-refractivity contribution in [2.75, 3.05) is 12.3 Å². The largest absolute Gasteiger partial charge is 0.354 e. The van der Waals surface area contributed by atoms with E-state index < -0.39 is 6.04 Å². The summed E-state index contributed by atoms with van der Waals surface area (Å²) in [6, 6.07) is 25.1. The van der Waals surface area contributed by atoms with Crippen molar-refractivity contribution in [1.29, 1.82) is 0 Å². The maximum atomic E-state index is 13.7. The van der Waals surface area contributed by atoms with Gasteiger partial charge in [-0.2, -0.15) is 0 Å². The first-order valence-electron chi connectivity index (χ1n) is 12.4. The smallest absolute Gasteiger partial charge is 0.243 e. The van der Waals surface area contributed by atoms with Crippen LogP contribution in [-0.4, -0.2) is 35.1 Å². The summed E-state index contributed by atoms with van der Waals surface area (Å²) in [6.45, 7) is 7.13. The highest BCUT2D eigenvalue weighted by atomic mass is 35.5. The average Bonchev–Trinajstić information content (AvgIpc) is 2.86. The Balaban J connectivity index is 1.83. The number of halogens is 1. The second kappa shape index (κ2) is 14.1. The number of nitrogens with one attached hydrogen (secondary N) is 1. The molecule has 0 aliphatic heterocycles. The van der Waals surface area contributed by atoms with Gasteiger partial charge in [-0.15, -0.1) is 11.8 Å². The number of carbonyl (C=O) groups excluding carboxylic acids is 2. The van der Waals surface area contributed by atoms with Crippen molar-refractivity contribution in [2.24, 2.45) is 5.92 Å². The standard InChI is InChI=1S/C30H35ClN2O2S/c1-22(2)20-32-30(35)28(19-24-9-5-4-6-10-24)33(21-25-11-7-8-23(3)18-25)29(34)16-17-36-27-14-12-26(31)13-15-27/h4-15,18,22,28H,16-17,19-21H2,1-3H3,(H,32,35)/t28-/m1/s1. The van der Waals surface area contributed by atoms with E-state index in [2.05, 4.69) is 25.2 Å². The van der Waals surface area contributed by atoms with Crippen molar-refractivity contribution in [3.8, 4) is 0 Å². The summed E-state index contributed by atoms with van der Waals surface area (Å²) < 4.78 is 0. The second-order valence-corrected chi connectivity index (χ2v) is 11.0. The van der Waals surface area contributed by atoms with Gasteiger partial charge in [-0.25, -0.2) is 0 Å². The molecule has 0 fully saturated rings. The lowest BCUT2D eigenvalue weighted by molar-refractivity contribution is -0.141. The minimum absolute atomic E-state index is 0.0291. The molecule has 0 aliphatic carbocycles. The highest BCUT2D eigenvalue weighted by Gasteiger charge is 2.30. The molecule has 1 N–H and O–H groups in total. The van der Waals surface area contributed by atoms with Crippen LogP contribution in [-0.2, 0) is 22.6 Å². The van der Waals surface area contributed by atoms with Crippen LogP contribution < -0.4 is 5.32 Å². The average molecular weight is 523 g/mol. The first-order valence-corrected chi connectivity index (χ1v) is 13.7. The minimum Gasteiger partial charge on any atom is -0.354 e. The molecule has 0 unspecified atom stereocenters. The van der Waals surface area contributed by atoms with Crippen molar-refractivity contribution in [1.82, 2.24) is 10.2 Å². The van der Waals surface area contributed by atoms with Gasteiger partial charge >= 0.3 is 0 Å². The van der Waals surface area contributed by atoms with Gasteiger partial charge in [0.1, 0.15) is 6.04 Å². The monoisotopic (exact) mass is 522 g/mol. The van der Waals surface area contributed by atoms with Crippen LogP contribution in [0.25, 0.3) is 0 Å². The molecule has 0 spiro atoms. The number of hydrogen-bond donors (Lipinski definition) is 1. The third kappa shape index (κ3) is 9.03.